The molecule has 0 spiro atoms. The lowest BCUT2D eigenvalue weighted by Crippen LogP contribution is -2.40. The second-order valence-electron chi connectivity index (χ2n) is 7.18. The van der Waals surface area contributed by atoms with Crippen LogP contribution in [0.5, 0.6) is 5.75 Å². The number of rotatable bonds is 4. The van der Waals surface area contributed by atoms with Gasteiger partial charge >= 0.3 is 0 Å². The number of methoxy groups -OCH3 is 1. The average Bonchev–Trinajstić information content (AvgIpc) is 2.76. The highest BCUT2D eigenvalue weighted by atomic mass is 19.1. The number of carbonyl (C=O) groups is 1. The number of piperidine rings is 1. The van der Waals surface area contributed by atoms with Crippen molar-refractivity contribution < 1.29 is 13.9 Å². The predicted octanol–water partition coefficient (Wildman–Crippen LogP) is 2.49. The normalized spacial score (nSPS) is 14.9. The van der Waals surface area contributed by atoms with Gasteiger partial charge in [0, 0.05) is 31.9 Å². The molecule has 1 fully saturated rings. The van der Waals surface area contributed by atoms with Crippen LogP contribution in [-0.2, 0) is 6.54 Å². The molecule has 0 saturated carbocycles. The molecule has 0 aliphatic carbocycles. The molecule has 0 bridgehead atoms. The van der Waals surface area contributed by atoms with Crippen LogP contribution in [0.3, 0.4) is 0 Å². The van der Waals surface area contributed by atoms with Crippen molar-refractivity contribution in [2.75, 3.05) is 20.2 Å². The Morgan fingerprint density at radius 3 is 2.79 bits per heavy atom. The monoisotopic (exact) mass is 396 g/mol. The van der Waals surface area contributed by atoms with Crippen molar-refractivity contribution in [2.45, 2.75) is 19.4 Å². The first-order valence-corrected chi connectivity index (χ1v) is 9.49. The van der Waals surface area contributed by atoms with Gasteiger partial charge in [0.2, 0.25) is 0 Å². The molecule has 150 valence electrons. The molecule has 7 nitrogen and oxygen atoms in total. The van der Waals surface area contributed by atoms with Gasteiger partial charge in [-0.2, -0.15) is 0 Å². The van der Waals surface area contributed by atoms with E-state index in [9.17, 15) is 14.0 Å². The van der Waals surface area contributed by atoms with E-state index in [1.54, 1.807) is 41.1 Å². The molecule has 1 saturated heterocycles. The van der Waals surface area contributed by atoms with E-state index in [1.165, 1.54) is 12.3 Å². The lowest BCUT2D eigenvalue weighted by molar-refractivity contribution is 0.0677. The van der Waals surface area contributed by atoms with Crippen LogP contribution in [0.1, 0.15) is 23.2 Å². The van der Waals surface area contributed by atoms with E-state index in [1.807, 2.05) is 0 Å². The summed E-state index contributed by atoms with van der Waals surface area (Å²) in [7, 11) is 1.57. The number of nitrogens with zero attached hydrogens (tertiary/aromatic N) is 4. The van der Waals surface area contributed by atoms with E-state index >= 15 is 0 Å². The van der Waals surface area contributed by atoms with Gasteiger partial charge in [0.05, 0.1) is 36.1 Å². The maximum absolute atomic E-state index is 13.8. The van der Waals surface area contributed by atoms with Crippen molar-refractivity contribution in [2.24, 2.45) is 5.92 Å². The van der Waals surface area contributed by atoms with Crippen molar-refractivity contribution in [1.82, 2.24) is 19.4 Å². The number of pyridine rings is 1. The molecule has 1 aromatic carbocycles. The van der Waals surface area contributed by atoms with Crippen LogP contribution >= 0.6 is 0 Å². The Bertz CT molecular complexity index is 1110. The smallest absolute Gasteiger partial charge is 0.261 e. The number of benzene rings is 1. The SMILES string of the molecule is COc1ccc2c(=O)n(CC3CCN(C(=O)c4ccncc4F)CC3)cnc2c1. The largest absolute Gasteiger partial charge is 0.497 e. The summed E-state index contributed by atoms with van der Waals surface area (Å²) >= 11 is 0. The highest BCUT2D eigenvalue weighted by Gasteiger charge is 2.25. The summed E-state index contributed by atoms with van der Waals surface area (Å²) in [6.07, 6.45) is 5.51. The Hall–Kier alpha value is -3.29. The molecule has 29 heavy (non-hydrogen) atoms. The Morgan fingerprint density at radius 2 is 2.07 bits per heavy atom. The van der Waals surface area contributed by atoms with E-state index < -0.39 is 5.82 Å². The van der Waals surface area contributed by atoms with Crippen LogP contribution in [0.25, 0.3) is 10.9 Å². The third-order valence-electron chi connectivity index (χ3n) is 5.39. The van der Waals surface area contributed by atoms with Gasteiger partial charge < -0.3 is 9.64 Å². The van der Waals surface area contributed by atoms with Gasteiger partial charge in [-0.1, -0.05) is 0 Å². The number of carbonyl (C=O) groups excluding carboxylic acids is 1. The standard InChI is InChI=1S/C21H21FN4O3/c1-29-15-2-3-17-19(10-15)24-13-26(21(17)28)12-14-5-8-25(9-6-14)20(27)16-4-7-23-11-18(16)22/h2-4,7,10-11,13-14H,5-6,8-9,12H2,1H3. The van der Waals surface area contributed by atoms with E-state index in [4.69, 9.17) is 4.74 Å². The fraction of sp³-hybridized carbons (Fsp3) is 0.333. The van der Waals surface area contributed by atoms with E-state index in [0.29, 0.717) is 36.3 Å². The van der Waals surface area contributed by atoms with Crippen molar-refractivity contribution in [1.29, 1.82) is 0 Å². The number of ether oxygens (including phenoxy) is 1. The summed E-state index contributed by atoms with van der Waals surface area (Å²) in [4.78, 5) is 35.0. The number of amides is 1. The molecule has 3 heterocycles. The van der Waals surface area contributed by atoms with Crippen molar-refractivity contribution in [3.05, 3.63) is 64.7 Å². The molecule has 1 aliphatic heterocycles. The lowest BCUT2D eigenvalue weighted by Gasteiger charge is -2.32. The summed E-state index contributed by atoms with van der Waals surface area (Å²) in [6.45, 7) is 1.59. The Labute approximate surface area is 166 Å². The van der Waals surface area contributed by atoms with Crippen LogP contribution < -0.4 is 10.3 Å². The summed E-state index contributed by atoms with van der Waals surface area (Å²) in [5, 5.41) is 0.550. The van der Waals surface area contributed by atoms with Crippen LogP contribution in [-0.4, -0.2) is 45.5 Å². The highest BCUT2D eigenvalue weighted by molar-refractivity contribution is 5.94. The van der Waals surface area contributed by atoms with Crippen molar-refractivity contribution >= 4 is 16.8 Å². The van der Waals surface area contributed by atoms with Crippen LogP contribution in [0.15, 0.2) is 47.8 Å². The number of hydrogen-bond acceptors (Lipinski definition) is 5. The zero-order valence-electron chi connectivity index (χ0n) is 16.0. The molecule has 0 atom stereocenters. The van der Waals surface area contributed by atoms with Crippen LogP contribution in [0, 0.1) is 11.7 Å². The minimum absolute atomic E-state index is 0.0452. The molecule has 0 unspecified atom stereocenters. The minimum atomic E-state index is -0.606. The van der Waals surface area contributed by atoms with Gasteiger partial charge in [-0.3, -0.25) is 19.1 Å². The highest BCUT2D eigenvalue weighted by Crippen LogP contribution is 2.22. The average molecular weight is 396 g/mol. The Morgan fingerprint density at radius 1 is 1.28 bits per heavy atom. The summed E-state index contributed by atoms with van der Waals surface area (Å²) in [5.74, 6) is -0.0201. The zero-order valence-corrected chi connectivity index (χ0v) is 16.0. The predicted molar refractivity (Wildman–Crippen MR) is 105 cm³/mol. The molecule has 0 radical (unpaired) electrons. The van der Waals surface area contributed by atoms with E-state index in [-0.39, 0.29) is 22.9 Å². The summed E-state index contributed by atoms with van der Waals surface area (Å²) in [5.41, 5.74) is 0.559. The molecule has 1 aliphatic rings. The number of fused-ring (bicyclic) bond motifs is 1. The lowest BCUT2D eigenvalue weighted by atomic mass is 9.96. The van der Waals surface area contributed by atoms with Crippen LogP contribution in [0.2, 0.25) is 0 Å². The summed E-state index contributed by atoms with van der Waals surface area (Å²) < 4.78 is 20.6. The minimum Gasteiger partial charge on any atom is -0.497 e. The first kappa shape index (κ1) is 19.0. The molecule has 8 heteroatoms. The van der Waals surface area contributed by atoms with E-state index in [0.717, 1.165) is 19.0 Å². The third-order valence-corrected chi connectivity index (χ3v) is 5.39. The third kappa shape index (κ3) is 3.83. The molecule has 2 aromatic heterocycles. The first-order valence-electron chi connectivity index (χ1n) is 9.49. The van der Waals surface area contributed by atoms with Gasteiger partial charge in [0.25, 0.3) is 11.5 Å². The van der Waals surface area contributed by atoms with Gasteiger partial charge in [0.15, 0.2) is 5.82 Å². The molecule has 4 rings (SSSR count). The fourth-order valence-corrected chi connectivity index (χ4v) is 3.71. The van der Waals surface area contributed by atoms with Gasteiger partial charge in [-0.05, 0) is 37.0 Å². The van der Waals surface area contributed by atoms with Crippen molar-refractivity contribution in [3.63, 3.8) is 0 Å². The molecule has 3 aromatic rings. The quantitative estimate of drug-likeness (QED) is 0.677. The maximum Gasteiger partial charge on any atom is 0.261 e. The molecular weight excluding hydrogens is 375 g/mol. The molecular formula is C21H21FN4O3. The maximum atomic E-state index is 13.8. The zero-order chi connectivity index (χ0) is 20.4. The molecule has 1 amide bonds. The topological polar surface area (TPSA) is 77.3 Å². The first-order chi connectivity index (χ1) is 14.1. The van der Waals surface area contributed by atoms with Gasteiger partial charge in [-0.25, -0.2) is 9.37 Å². The number of hydrogen-bond donors (Lipinski definition) is 0. The van der Waals surface area contributed by atoms with E-state index in [2.05, 4.69) is 9.97 Å². The van der Waals surface area contributed by atoms with Gasteiger partial charge in [-0.15, -0.1) is 0 Å². The number of halogens is 1. The Balaban J connectivity index is 1.43. The van der Waals surface area contributed by atoms with Crippen LogP contribution in [0.4, 0.5) is 4.39 Å². The van der Waals surface area contributed by atoms with Crippen molar-refractivity contribution in [3.8, 4) is 5.75 Å². The number of likely N-dealkylation sites (tertiary alicyclic amines) is 1. The second-order valence-corrected chi connectivity index (χ2v) is 7.18. The Kier molecular flexibility index (Phi) is 5.24. The molecule has 0 N–H and O–H groups in total. The number of aromatic nitrogens is 3. The summed E-state index contributed by atoms with van der Waals surface area (Å²) in [6, 6.07) is 6.62. The fourth-order valence-electron chi connectivity index (χ4n) is 3.71. The van der Waals surface area contributed by atoms with Gasteiger partial charge in [0.1, 0.15) is 5.75 Å². The second kappa shape index (κ2) is 7.98.